The fraction of sp³-hybridized carbons (Fsp3) is 0.562. The van der Waals surface area contributed by atoms with Crippen LogP contribution < -0.4 is 0 Å². The number of aromatic hydroxyl groups is 1. The summed E-state index contributed by atoms with van der Waals surface area (Å²) in [4.78, 5) is 27.3. The van der Waals surface area contributed by atoms with Crippen molar-refractivity contribution < 1.29 is 14.8 Å². The number of carbonyl (C=O) groups excluding carboxylic acids is 1. The summed E-state index contributed by atoms with van der Waals surface area (Å²) in [6.07, 6.45) is 3.10. The maximum Gasteiger partial charge on any atom is 0.273 e. The number of phenols is 1. The van der Waals surface area contributed by atoms with Crippen LogP contribution in [0.25, 0.3) is 0 Å². The topological polar surface area (TPSA) is 86.9 Å². The first-order valence-electron chi connectivity index (χ1n) is 8.03. The Morgan fingerprint density at radius 3 is 2.87 bits per heavy atom. The first kappa shape index (κ1) is 15.7. The third-order valence-corrected chi connectivity index (χ3v) is 4.95. The van der Waals surface area contributed by atoms with Crippen LogP contribution in [0.2, 0.25) is 0 Å². The van der Waals surface area contributed by atoms with Crippen LogP contribution in [0, 0.1) is 10.1 Å². The molecule has 3 rings (SSSR count). The van der Waals surface area contributed by atoms with Crippen LogP contribution in [0.3, 0.4) is 0 Å². The summed E-state index contributed by atoms with van der Waals surface area (Å²) in [7, 11) is 0. The van der Waals surface area contributed by atoms with Gasteiger partial charge >= 0.3 is 0 Å². The summed E-state index contributed by atoms with van der Waals surface area (Å²) in [5.74, 6) is -0.566. The van der Waals surface area contributed by atoms with E-state index < -0.39 is 4.92 Å². The Morgan fingerprint density at radius 2 is 2.22 bits per heavy atom. The minimum atomic E-state index is -0.583. The molecule has 2 aliphatic heterocycles. The fourth-order valence-corrected chi connectivity index (χ4v) is 3.66. The van der Waals surface area contributed by atoms with E-state index >= 15 is 0 Å². The average molecular weight is 319 g/mol. The number of benzene rings is 1. The van der Waals surface area contributed by atoms with Crippen LogP contribution in [0.15, 0.2) is 18.2 Å². The molecule has 2 saturated heterocycles. The molecule has 2 heterocycles. The van der Waals surface area contributed by atoms with Gasteiger partial charge in [-0.1, -0.05) is 6.92 Å². The summed E-state index contributed by atoms with van der Waals surface area (Å²) in [6, 6.07) is 4.16. The molecule has 0 bridgehead atoms. The van der Waals surface area contributed by atoms with Crippen molar-refractivity contribution in [1.29, 1.82) is 0 Å². The van der Waals surface area contributed by atoms with Crippen LogP contribution in [0.1, 0.15) is 36.5 Å². The molecule has 1 N–H and O–H groups in total. The van der Waals surface area contributed by atoms with E-state index in [1.54, 1.807) is 0 Å². The largest absolute Gasteiger partial charge is 0.507 e. The molecule has 7 nitrogen and oxygen atoms in total. The molecular formula is C16H21N3O4. The minimum Gasteiger partial charge on any atom is -0.507 e. The number of carbonyl (C=O) groups is 1. The first-order chi connectivity index (χ1) is 11.0. The highest BCUT2D eigenvalue weighted by atomic mass is 16.6. The van der Waals surface area contributed by atoms with Gasteiger partial charge in [-0.15, -0.1) is 0 Å². The molecule has 0 radical (unpaired) electrons. The average Bonchev–Trinajstić information content (AvgIpc) is 3.00. The van der Waals surface area contributed by atoms with Gasteiger partial charge in [-0.3, -0.25) is 19.8 Å². The van der Waals surface area contributed by atoms with Crippen LogP contribution in [0.5, 0.6) is 5.75 Å². The Bertz CT molecular complexity index is 634. The molecule has 1 aromatic carbocycles. The molecule has 23 heavy (non-hydrogen) atoms. The predicted octanol–water partition coefficient (Wildman–Crippen LogP) is 2.00. The molecule has 1 amide bonds. The van der Waals surface area contributed by atoms with E-state index in [1.807, 2.05) is 4.90 Å². The van der Waals surface area contributed by atoms with E-state index in [2.05, 4.69) is 11.8 Å². The Labute approximate surface area is 134 Å². The van der Waals surface area contributed by atoms with Gasteiger partial charge in [0.2, 0.25) is 0 Å². The van der Waals surface area contributed by atoms with Crippen LogP contribution in [0.4, 0.5) is 5.69 Å². The van der Waals surface area contributed by atoms with Crippen molar-refractivity contribution in [2.45, 2.75) is 38.3 Å². The third-order valence-electron chi connectivity index (χ3n) is 4.95. The monoisotopic (exact) mass is 319 g/mol. The van der Waals surface area contributed by atoms with Gasteiger partial charge in [0.1, 0.15) is 5.75 Å². The van der Waals surface area contributed by atoms with Crippen molar-refractivity contribution in [3.05, 3.63) is 33.9 Å². The highest BCUT2D eigenvalue weighted by Crippen LogP contribution is 2.30. The van der Waals surface area contributed by atoms with Crippen molar-refractivity contribution >= 4 is 11.6 Å². The van der Waals surface area contributed by atoms with Crippen LogP contribution in [-0.4, -0.2) is 57.5 Å². The number of phenolic OH excluding ortho intramolecular Hbond substituents is 1. The van der Waals surface area contributed by atoms with Gasteiger partial charge in [0.25, 0.3) is 11.6 Å². The number of amides is 1. The van der Waals surface area contributed by atoms with Gasteiger partial charge in [0, 0.05) is 31.2 Å². The number of nitro benzene ring substituents is 1. The quantitative estimate of drug-likeness (QED) is 0.680. The normalized spacial score (nSPS) is 24.5. The molecule has 2 fully saturated rings. The fourth-order valence-electron chi connectivity index (χ4n) is 3.66. The van der Waals surface area contributed by atoms with E-state index in [1.165, 1.54) is 12.1 Å². The Morgan fingerprint density at radius 1 is 1.43 bits per heavy atom. The molecule has 0 saturated carbocycles. The number of nitrogens with zero attached hydrogens (tertiary/aromatic N) is 3. The van der Waals surface area contributed by atoms with E-state index in [-0.39, 0.29) is 28.9 Å². The summed E-state index contributed by atoms with van der Waals surface area (Å²) < 4.78 is 0. The second-order valence-corrected chi connectivity index (χ2v) is 6.27. The summed E-state index contributed by atoms with van der Waals surface area (Å²) >= 11 is 0. The van der Waals surface area contributed by atoms with Gasteiger partial charge < -0.3 is 10.0 Å². The zero-order chi connectivity index (χ0) is 16.6. The lowest BCUT2D eigenvalue weighted by atomic mass is 10.0. The molecule has 124 valence electrons. The summed E-state index contributed by atoms with van der Waals surface area (Å²) in [5, 5.41) is 20.8. The van der Waals surface area contributed by atoms with Crippen LogP contribution in [-0.2, 0) is 0 Å². The standard InChI is InChI=1S/C16H21N3O4/c1-2-11-9-17-7-3-4-13(17)10-18(11)16(21)14-6-5-12(19(22)23)8-15(14)20/h5-6,8,11,13,20H,2-4,7,9-10H2,1H3/t11-,13-/m1/s1. The smallest absolute Gasteiger partial charge is 0.273 e. The number of fused-ring (bicyclic) bond motifs is 1. The van der Waals surface area contributed by atoms with Crippen molar-refractivity contribution in [1.82, 2.24) is 9.80 Å². The van der Waals surface area contributed by atoms with Gasteiger partial charge in [-0.05, 0) is 31.9 Å². The summed E-state index contributed by atoms with van der Waals surface area (Å²) in [6.45, 7) is 4.66. The van der Waals surface area contributed by atoms with Crippen molar-refractivity contribution in [3.63, 3.8) is 0 Å². The number of non-ortho nitro benzene ring substituents is 1. The maximum absolute atomic E-state index is 12.8. The van der Waals surface area contributed by atoms with E-state index in [4.69, 9.17) is 0 Å². The number of piperazine rings is 1. The molecular weight excluding hydrogens is 298 g/mol. The molecule has 2 atom stereocenters. The van der Waals surface area contributed by atoms with Crippen molar-refractivity contribution in [3.8, 4) is 5.75 Å². The van der Waals surface area contributed by atoms with Gasteiger partial charge in [0.05, 0.1) is 16.6 Å². The lowest BCUT2D eigenvalue weighted by Crippen LogP contribution is -2.57. The predicted molar refractivity (Wildman–Crippen MR) is 84.5 cm³/mol. The number of hydrogen-bond acceptors (Lipinski definition) is 5. The highest BCUT2D eigenvalue weighted by Gasteiger charge is 2.38. The number of rotatable bonds is 3. The zero-order valence-corrected chi connectivity index (χ0v) is 13.1. The number of nitro groups is 1. The van der Waals surface area contributed by atoms with E-state index in [9.17, 15) is 20.0 Å². The molecule has 7 heteroatoms. The maximum atomic E-state index is 12.8. The van der Waals surface area contributed by atoms with Gasteiger partial charge in [0.15, 0.2) is 0 Å². The Kier molecular flexibility index (Phi) is 4.21. The molecule has 0 spiro atoms. The summed E-state index contributed by atoms with van der Waals surface area (Å²) in [5.41, 5.74) is -0.0767. The molecule has 2 aliphatic rings. The third kappa shape index (κ3) is 2.88. The highest BCUT2D eigenvalue weighted by molar-refractivity contribution is 5.97. The molecule has 0 aromatic heterocycles. The van der Waals surface area contributed by atoms with Crippen LogP contribution >= 0.6 is 0 Å². The zero-order valence-electron chi connectivity index (χ0n) is 13.1. The second-order valence-electron chi connectivity index (χ2n) is 6.27. The molecule has 0 aliphatic carbocycles. The molecule has 1 aromatic rings. The lowest BCUT2D eigenvalue weighted by Gasteiger charge is -2.43. The lowest BCUT2D eigenvalue weighted by molar-refractivity contribution is -0.384. The van der Waals surface area contributed by atoms with Gasteiger partial charge in [-0.2, -0.15) is 0 Å². The minimum absolute atomic E-state index is 0.117. The first-order valence-corrected chi connectivity index (χ1v) is 8.03. The van der Waals surface area contributed by atoms with E-state index in [0.29, 0.717) is 12.6 Å². The number of hydrogen-bond donors (Lipinski definition) is 1. The van der Waals surface area contributed by atoms with E-state index in [0.717, 1.165) is 38.4 Å². The Balaban J connectivity index is 1.85. The van der Waals surface area contributed by atoms with Crippen molar-refractivity contribution in [2.75, 3.05) is 19.6 Å². The Hall–Kier alpha value is -2.15. The van der Waals surface area contributed by atoms with Crippen molar-refractivity contribution in [2.24, 2.45) is 0 Å². The SMILES string of the molecule is CC[C@@H]1CN2CCC[C@@H]2CN1C(=O)c1ccc([N+](=O)[O-])cc1O. The van der Waals surface area contributed by atoms with Gasteiger partial charge in [-0.25, -0.2) is 0 Å². The second kappa shape index (κ2) is 6.16. The molecule has 0 unspecified atom stereocenters.